The van der Waals surface area contributed by atoms with E-state index in [1.54, 1.807) is 0 Å². The maximum absolute atomic E-state index is 12.9. The highest BCUT2D eigenvalue weighted by molar-refractivity contribution is 5.94. The summed E-state index contributed by atoms with van der Waals surface area (Å²) in [5.74, 6) is -1.20. The molecule has 0 aromatic carbocycles. The van der Waals surface area contributed by atoms with Gasteiger partial charge in [0.15, 0.2) is 5.69 Å². The maximum atomic E-state index is 12.9. The molecule has 2 rings (SSSR count). The molecule has 0 saturated heterocycles. The lowest BCUT2D eigenvalue weighted by Gasteiger charge is -2.10. The molecule has 0 aliphatic carbocycles. The molecule has 94 valence electrons. The molecular formula is C9H6F3N5O. The molecule has 2 aromatic heterocycles. The average molecular weight is 257 g/mol. The maximum Gasteiger partial charge on any atom is 0.434 e. The van der Waals surface area contributed by atoms with Crippen molar-refractivity contribution in [1.82, 2.24) is 19.7 Å². The van der Waals surface area contributed by atoms with Crippen molar-refractivity contribution in [2.45, 2.75) is 6.18 Å². The number of hydrogen-bond acceptors (Lipinski definition) is 4. The number of aromatic nitrogens is 4. The van der Waals surface area contributed by atoms with Crippen molar-refractivity contribution in [1.29, 1.82) is 0 Å². The quantitative estimate of drug-likeness (QED) is 0.861. The van der Waals surface area contributed by atoms with Gasteiger partial charge in [0.1, 0.15) is 12.0 Å². The minimum Gasteiger partial charge on any atom is -0.365 e. The third-order valence-corrected chi connectivity index (χ3v) is 2.09. The highest BCUT2D eigenvalue weighted by Crippen LogP contribution is 2.33. The molecule has 0 spiro atoms. The number of primary amides is 1. The molecule has 0 aliphatic rings. The normalized spacial score (nSPS) is 11.5. The predicted molar refractivity (Wildman–Crippen MR) is 52.7 cm³/mol. The first-order chi connectivity index (χ1) is 8.41. The molecule has 9 heteroatoms. The van der Waals surface area contributed by atoms with Crippen LogP contribution in [-0.4, -0.2) is 25.7 Å². The zero-order chi connectivity index (χ0) is 13.3. The van der Waals surface area contributed by atoms with Crippen LogP contribution in [0.5, 0.6) is 0 Å². The number of alkyl halides is 3. The van der Waals surface area contributed by atoms with Crippen LogP contribution in [0.25, 0.3) is 5.69 Å². The zero-order valence-electron chi connectivity index (χ0n) is 8.72. The summed E-state index contributed by atoms with van der Waals surface area (Å²) in [5.41, 5.74) is 2.91. The molecule has 0 saturated carbocycles. The lowest BCUT2D eigenvalue weighted by Crippen LogP contribution is -2.20. The second kappa shape index (κ2) is 4.09. The van der Waals surface area contributed by atoms with Crippen LogP contribution in [-0.2, 0) is 6.18 Å². The van der Waals surface area contributed by atoms with Crippen LogP contribution in [0.1, 0.15) is 16.1 Å². The second-order valence-electron chi connectivity index (χ2n) is 3.28. The highest BCUT2D eigenvalue weighted by Gasteiger charge is 2.40. The van der Waals surface area contributed by atoms with E-state index in [-0.39, 0.29) is 5.69 Å². The molecule has 0 radical (unpaired) electrons. The van der Waals surface area contributed by atoms with E-state index in [1.165, 1.54) is 0 Å². The number of nitrogens with two attached hydrogens (primary N) is 1. The molecule has 0 fully saturated rings. The van der Waals surface area contributed by atoms with Crippen LogP contribution >= 0.6 is 0 Å². The Labute approximate surface area is 98.3 Å². The summed E-state index contributed by atoms with van der Waals surface area (Å²) in [5, 5.41) is 3.49. The summed E-state index contributed by atoms with van der Waals surface area (Å²) in [6.45, 7) is 0. The standard InChI is InChI=1S/C9H6F3N5O/c10-9(11,12)7-6(8(13)18)3-16-17(7)5-1-14-4-15-2-5/h1-4H,(H2,13,18). The lowest BCUT2D eigenvalue weighted by atomic mass is 10.2. The van der Waals surface area contributed by atoms with Crippen molar-refractivity contribution in [2.24, 2.45) is 5.73 Å². The van der Waals surface area contributed by atoms with E-state index < -0.39 is 23.3 Å². The Kier molecular flexibility index (Phi) is 2.73. The summed E-state index contributed by atoms with van der Waals surface area (Å²) in [7, 11) is 0. The van der Waals surface area contributed by atoms with E-state index in [0.29, 0.717) is 4.68 Å². The Morgan fingerprint density at radius 2 is 1.83 bits per heavy atom. The number of carbonyl (C=O) groups is 1. The van der Waals surface area contributed by atoms with Crippen LogP contribution < -0.4 is 5.73 Å². The summed E-state index contributed by atoms with van der Waals surface area (Å²) in [6.07, 6.45) is -0.565. The van der Waals surface area contributed by atoms with E-state index in [9.17, 15) is 18.0 Å². The van der Waals surface area contributed by atoms with E-state index in [1.807, 2.05) is 0 Å². The molecule has 18 heavy (non-hydrogen) atoms. The molecule has 0 atom stereocenters. The first kappa shape index (κ1) is 12.0. The van der Waals surface area contributed by atoms with E-state index >= 15 is 0 Å². The van der Waals surface area contributed by atoms with Gasteiger partial charge in [-0.05, 0) is 0 Å². The molecule has 0 bridgehead atoms. The Balaban J connectivity index is 2.67. The Morgan fingerprint density at radius 1 is 1.22 bits per heavy atom. The molecule has 2 N–H and O–H groups in total. The fraction of sp³-hybridized carbons (Fsp3) is 0.111. The van der Waals surface area contributed by atoms with Gasteiger partial charge in [-0.2, -0.15) is 18.3 Å². The van der Waals surface area contributed by atoms with E-state index in [4.69, 9.17) is 5.73 Å². The molecule has 2 heterocycles. The number of halogens is 3. The first-order valence-electron chi connectivity index (χ1n) is 4.61. The fourth-order valence-electron chi connectivity index (χ4n) is 1.40. The minimum atomic E-state index is -4.77. The molecular weight excluding hydrogens is 251 g/mol. The van der Waals surface area contributed by atoms with Crippen LogP contribution in [0, 0.1) is 0 Å². The van der Waals surface area contributed by atoms with Gasteiger partial charge in [0.05, 0.1) is 24.2 Å². The Bertz CT molecular complexity index is 578. The van der Waals surface area contributed by atoms with Crippen molar-refractivity contribution in [3.8, 4) is 5.69 Å². The molecule has 0 unspecified atom stereocenters. The zero-order valence-corrected chi connectivity index (χ0v) is 8.72. The smallest absolute Gasteiger partial charge is 0.365 e. The van der Waals surface area contributed by atoms with Crippen molar-refractivity contribution in [3.63, 3.8) is 0 Å². The highest BCUT2D eigenvalue weighted by atomic mass is 19.4. The topological polar surface area (TPSA) is 86.7 Å². The number of carbonyl (C=O) groups excluding carboxylic acids is 1. The molecule has 0 aliphatic heterocycles. The van der Waals surface area contributed by atoms with Gasteiger partial charge in [-0.1, -0.05) is 0 Å². The van der Waals surface area contributed by atoms with Gasteiger partial charge >= 0.3 is 6.18 Å². The van der Waals surface area contributed by atoms with Crippen molar-refractivity contribution < 1.29 is 18.0 Å². The van der Waals surface area contributed by atoms with Crippen LogP contribution in [0.2, 0.25) is 0 Å². The molecule has 2 aromatic rings. The minimum absolute atomic E-state index is 0.0164. The average Bonchev–Trinajstić information content (AvgIpc) is 2.74. The predicted octanol–water partition coefficient (Wildman–Crippen LogP) is 0.780. The Hall–Kier alpha value is -2.45. The summed E-state index contributed by atoms with van der Waals surface area (Å²) in [4.78, 5) is 18.1. The second-order valence-corrected chi connectivity index (χ2v) is 3.28. The molecule has 1 amide bonds. The summed E-state index contributed by atoms with van der Waals surface area (Å²) < 4.78 is 39.2. The largest absolute Gasteiger partial charge is 0.434 e. The SMILES string of the molecule is NC(=O)c1cnn(-c2cncnc2)c1C(F)(F)F. The summed E-state index contributed by atoms with van der Waals surface area (Å²) >= 11 is 0. The van der Waals surface area contributed by atoms with Crippen molar-refractivity contribution in [3.05, 3.63) is 36.2 Å². The number of rotatable bonds is 2. The third kappa shape index (κ3) is 2.01. The fourth-order valence-corrected chi connectivity index (χ4v) is 1.40. The third-order valence-electron chi connectivity index (χ3n) is 2.09. The van der Waals surface area contributed by atoms with E-state index in [0.717, 1.165) is 24.9 Å². The lowest BCUT2D eigenvalue weighted by molar-refractivity contribution is -0.143. The number of hydrogen-bond donors (Lipinski definition) is 1. The van der Waals surface area contributed by atoms with Gasteiger partial charge < -0.3 is 5.73 Å². The van der Waals surface area contributed by atoms with Crippen LogP contribution in [0.3, 0.4) is 0 Å². The van der Waals surface area contributed by atoms with Crippen LogP contribution in [0.15, 0.2) is 24.9 Å². The van der Waals surface area contributed by atoms with E-state index in [2.05, 4.69) is 15.1 Å². The van der Waals surface area contributed by atoms with Gasteiger partial charge in [0.2, 0.25) is 0 Å². The molecule has 6 nitrogen and oxygen atoms in total. The van der Waals surface area contributed by atoms with Gasteiger partial charge in [0.25, 0.3) is 5.91 Å². The Morgan fingerprint density at radius 3 is 2.33 bits per heavy atom. The van der Waals surface area contributed by atoms with Gasteiger partial charge in [0, 0.05) is 0 Å². The first-order valence-corrected chi connectivity index (χ1v) is 4.61. The van der Waals surface area contributed by atoms with Gasteiger partial charge in [-0.3, -0.25) is 4.79 Å². The monoisotopic (exact) mass is 257 g/mol. The van der Waals surface area contributed by atoms with Gasteiger partial charge in [-0.15, -0.1) is 0 Å². The van der Waals surface area contributed by atoms with Crippen LogP contribution in [0.4, 0.5) is 13.2 Å². The summed E-state index contributed by atoms with van der Waals surface area (Å²) in [6, 6.07) is 0. The number of nitrogens with zero attached hydrogens (tertiary/aromatic N) is 4. The van der Waals surface area contributed by atoms with Crippen molar-refractivity contribution >= 4 is 5.91 Å². The number of amides is 1. The van der Waals surface area contributed by atoms with Gasteiger partial charge in [-0.25, -0.2) is 14.6 Å². The van der Waals surface area contributed by atoms with Crippen molar-refractivity contribution in [2.75, 3.05) is 0 Å².